The Kier molecular flexibility index (Phi) is 4.11. The molecule has 1 aliphatic carbocycles. The summed E-state index contributed by atoms with van der Waals surface area (Å²) in [7, 11) is 0. The Morgan fingerprint density at radius 2 is 1.48 bits per heavy atom. The Morgan fingerprint density at radius 3 is 2.26 bits per heavy atom. The number of fused-ring (bicyclic) bond motifs is 3. The van der Waals surface area contributed by atoms with Gasteiger partial charge >= 0.3 is 0 Å². The van der Waals surface area contributed by atoms with Crippen LogP contribution in [0.25, 0.3) is 11.1 Å². The number of benzene rings is 2. The molecule has 1 heteroatoms. The standard InChI is InChI=1S/C22H26N/c1-16-14-15-19-18-12-8-9-13-20(18)23-22(19)21(16)17-10-6-4-2-3-5-7-11-17/h8-9,12-15,17H,2-7,10-11H2,1H3. The molecule has 23 heavy (non-hydrogen) atoms. The van der Waals surface area contributed by atoms with Crippen LogP contribution >= 0.6 is 0 Å². The summed E-state index contributed by atoms with van der Waals surface area (Å²) in [6.45, 7) is 2.28. The quantitative estimate of drug-likeness (QED) is 0.471. The summed E-state index contributed by atoms with van der Waals surface area (Å²) in [5.74, 6) is 0.695. The van der Waals surface area contributed by atoms with Crippen LogP contribution in [0.4, 0.5) is 11.4 Å². The topological polar surface area (TPSA) is 14.1 Å². The van der Waals surface area contributed by atoms with Crippen LogP contribution in [-0.2, 0) is 0 Å². The first kappa shape index (κ1) is 14.8. The minimum Gasteiger partial charge on any atom is -0.247 e. The molecule has 0 atom stereocenters. The van der Waals surface area contributed by atoms with Crippen molar-refractivity contribution in [1.82, 2.24) is 5.32 Å². The predicted molar refractivity (Wildman–Crippen MR) is 97.7 cm³/mol. The van der Waals surface area contributed by atoms with E-state index in [0.29, 0.717) is 5.92 Å². The van der Waals surface area contributed by atoms with Gasteiger partial charge in [0.1, 0.15) is 0 Å². The van der Waals surface area contributed by atoms with Crippen LogP contribution in [0.15, 0.2) is 36.4 Å². The average molecular weight is 304 g/mol. The van der Waals surface area contributed by atoms with Gasteiger partial charge in [0.05, 0.1) is 11.4 Å². The van der Waals surface area contributed by atoms with Crippen LogP contribution in [0.2, 0.25) is 0 Å². The molecule has 4 rings (SSSR count). The molecule has 1 heterocycles. The molecule has 0 saturated heterocycles. The fraction of sp³-hybridized carbons (Fsp3) is 0.455. The van der Waals surface area contributed by atoms with E-state index in [1.54, 1.807) is 5.56 Å². The SMILES string of the molecule is Cc1ccc2c(c1C1CCCCCCCC1)[N]c1ccccc1-2. The molecule has 0 unspecified atom stereocenters. The maximum absolute atomic E-state index is 5.03. The molecule has 119 valence electrons. The van der Waals surface area contributed by atoms with E-state index in [1.807, 2.05) is 0 Å². The Morgan fingerprint density at radius 1 is 0.783 bits per heavy atom. The highest BCUT2D eigenvalue weighted by molar-refractivity contribution is 5.92. The largest absolute Gasteiger partial charge is 0.247 e. The summed E-state index contributed by atoms with van der Waals surface area (Å²) in [5, 5.41) is 5.03. The maximum Gasteiger partial charge on any atom is 0.0753 e. The summed E-state index contributed by atoms with van der Waals surface area (Å²) in [5.41, 5.74) is 8.06. The fourth-order valence-electron chi connectivity index (χ4n) is 4.40. The van der Waals surface area contributed by atoms with E-state index in [1.165, 1.54) is 73.7 Å². The second-order valence-electron chi connectivity index (χ2n) is 7.22. The number of hydrogen-bond acceptors (Lipinski definition) is 0. The van der Waals surface area contributed by atoms with Gasteiger partial charge in [-0.2, -0.15) is 0 Å². The summed E-state index contributed by atoms with van der Waals surface area (Å²) < 4.78 is 0. The highest BCUT2D eigenvalue weighted by Gasteiger charge is 2.27. The number of nitrogens with zero attached hydrogens (tertiary/aromatic N) is 1. The second-order valence-corrected chi connectivity index (χ2v) is 7.22. The van der Waals surface area contributed by atoms with Crippen LogP contribution < -0.4 is 5.32 Å². The van der Waals surface area contributed by atoms with E-state index in [4.69, 9.17) is 5.32 Å². The highest BCUT2D eigenvalue weighted by Crippen LogP contribution is 2.48. The lowest BCUT2D eigenvalue weighted by molar-refractivity contribution is 0.537. The molecule has 2 aromatic carbocycles. The zero-order chi connectivity index (χ0) is 15.6. The zero-order valence-corrected chi connectivity index (χ0v) is 14.1. The first-order valence-corrected chi connectivity index (χ1v) is 9.29. The molecule has 0 spiro atoms. The van der Waals surface area contributed by atoms with Crippen molar-refractivity contribution in [2.45, 2.75) is 64.2 Å². The summed E-state index contributed by atoms with van der Waals surface area (Å²) in [6.07, 6.45) is 11.1. The lowest BCUT2D eigenvalue weighted by Gasteiger charge is -2.21. The van der Waals surface area contributed by atoms with Gasteiger partial charge in [0.2, 0.25) is 0 Å². The monoisotopic (exact) mass is 304 g/mol. The van der Waals surface area contributed by atoms with Gasteiger partial charge in [-0.05, 0) is 42.9 Å². The normalized spacial score (nSPS) is 18.3. The molecule has 0 bridgehead atoms. The van der Waals surface area contributed by atoms with Crippen molar-refractivity contribution >= 4 is 11.4 Å². The van der Waals surface area contributed by atoms with Gasteiger partial charge in [0, 0.05) is 11.1 Å². The zero-order valence-electron chi connectivity index (χ0n) is 14.1. The Hall–Kier alpha value is -1.76. The summed E-state index contributed by atoms with van der Waals surface area (Å²) >= 11 is 0. The second kappa shape index (κ2) is 6.39. The lowest BCUT2D eigenvalue weighted by Crippen LogP contribution is -2.04. The molecule has 1 aliphatic heterocycles. The number of hydrogen-bond donors (Lipinski definition) is 0. The third-order valence-electron chi connectivity index (χ3n) is 5.62. The molecule has 1 nitrogen and oxygen atoms in total. The first-order valence-electron chi connectivity index (χ1n) is 9.29. The molecule has 2 aliphatic rings. The van der Waals surface area contributed by atoms with E-state index in [9.17, 15) is 0 Å². The minimum atomic E-state index is 0.695. The van der Waals surface area contributed by atoms with Crippen molar-refractivity contribution in [3.63, 3.8) is 0 Å². The molecular formula is C22H26N. The molecule has 1 saturated carbocycles. The van der Waals surface area contributed by atoms with Crippen molar-refractivity contribution in [3.8, 4) is 11.1 Å². The van der Waals surface area contributed by atoms with Gasteiger partial charge in [-0.1, -0.05) is 68.9 Å². The van der Waals surface area contributed by atoms with Crippen LogP contribution in [-0.4, -0.2) is 0 Å². The van der Waals surface area contributed by atoms with E-state index < -0.39 is 0 Å². The van der Waals surface area contributed by atoms with Gasteiger partial charge in [-0.3, -0.25) is 0 Å². The summed E-state index contributed by atoms with van der Waals surface area (Å²) in [4.78, 5) is 0. The minimum absolute atomic E-state index is 0.695. The number of rotatable bonds is 1. The van der Waals surface area contributed by atoms with Crippen LogP contribution in [0.5, 0.6) is 0 Å². The van der Waals surface area contributed by atoms with Crippen molar-refractivity contribution < 1.29 is 0 Å². The highest BCUT2D eigenvalue weighted by atomic mass is 14.9. The first-order chi connectivity index (χ1) is 11.3. The molecule has 1 fully saturated rings. The van der Waals surface area contributed by atoms with Gasteiger partial charge < -0.3 is 0 Å². The van der Waals surface area contributed by atoms with Crippen molar-refractivity contribution in [2.75, 3.05) is 0 Å². The third-order valence-corrected chi connectivity index (χ3v) is 5.62. The van der Waals surface area contributed by atoms with Crippen molar-refractivity contribution in [2.24, 2.45) is 0 Å². The maximum atomic E-state index is 5.03. The van der Waals surface area contributed by atoms with E-state index in [0.717, 1.165) is 5.69 Å². The van der Waals surface area contributed by atoms with Gasteiger partial charge in [-0.25, -0.2) is 5.32 Å². The molecule has 0 N–H and O–H groups in total. The van der Waals surface area contributed by atoms with Crippen LogP contribution in [0, 0.1) is 6.92 Å². The molecule has 0 aromatic heterocycles. The Labute approximate surface area is 140 Å². The van der Waals surface area contributed by atoms with Crippen molar-refractivity contribution in [3.05, 3.63) is 47.5 Å². The smallest absolute Gasteiger partial charge is 0.0753 e. The third kappa shape index (κ3) is 2.78. The predicted octanol–water partition coefficient (Wildman–Crippen LogP) is 6.76. The molecule has 0 amide bonds. The van der Waals surface area contributed by atoms with Gasteiger partial charge in [-0.15, -0.1) is 0 Å². The molecular weight excluding hydrogens is 278 g/mol. The van der Waals surface area contributed by atoms with E-state index >= 15 is 0 Å². The number of aryl methyl sites for hydroxylation is 1. The summed E-state index contributed by atoms with van der Waals surface area (Å²) in [6, 6.07) is 13.2. The Bertz CT molecular complexity index is 691. The molecule has 1 radical (unpaired) electrons. The van der Waals surface area contributed by atoms with Crippen LogP contribution in [0.3, 0.4) is 0 Å². The van der Waals surface area contributed by atoms with E-state index in [-0.39, 0.29) is 0 Å². The van der Waals surface area contributed by atoms with Crippen molar-refractivity contribution in [1.29, 1.82) is 0 Å². The average Bonchev–Trinajstić information content (AvgIpc) is 2.99. The molecule has 2 aromatic rings. The van der Waals surface area contributed by atoms with Gasteiger partial charge in [0.15, 0.2) is 0 Å². The lowest BCUT2D eigenvalue weighted by atomic mass is 9.84. The van der Waals surface area contributed by atoms with E-state index in [2.05, 4.69) is 43.3 Å². The van der Waals surface area contributed by atoms with Crippen LogP contribution in [0.1, 0.15) is 68.4 Å². The number of para-hydroxylation sites is 1. The fourth-order valence-corrected chi connectivity index (χ4v) is 4.40. The Balaban J connectivity index is 1.74. The van der Waals surface area contributed by atoms with Gasteiger partial charge in [0.25, 0.3) is 0 Å².